The number of hydrogen-bond donors (Lipinski definition) is 1. The molecule has 0 amide bonds. The summed E-state index contributed by atoms with van der Waals surface area (Å²) in [6.45, 7) is 8.94. The Labute approximate surface area is 107 Å². The summed E-state index contributed by atoms with van der Waals surface area (Å²) < 4.78 is 11.7. The molecule has 1 fully saturated rings. The van der Waals surface area contributed by atoms with Crippen LogP contribution in [-0.4, -0.2) is 52.3 Å². The largest absolute Gasteiger partial charge is 0.355 e. The first-order chi connectivity index (χ1) is 7.95. The Morgan fingerprint density at radius 3 is 2.41 bits per heavy atom. The number of hydrogen-bond acceptors (Lipinski definition) is 2. The molecule has 1 heterocycles. The van der Waals surface area contributed by atoms with Crippen LogP contribution in [0.4, 0.5) is 0 Å². The van der Waals surface area contributed by atoms with Gasteiger partial charge >= 0.3 is 0 Å². The fourth-order valence-corrected chi connectivity index (χ4v) is 2.72. The molecule has 1 unspecified atom stereocenters. The van der Waals surface area contributed by atoms with Crippen LogP contribution >= 0.6 is 0 Å². The molecular weight excluding hydrogens is 234 g/mol. The minimum Gasteiger partial charge on any atom is -0.355 e. The van der Waals surface area contributed by atoms with Crippen LogP contribution in [0, 0.1) is 0 Å². The van der Waals surface area contributed by atoms with Crippen molar-refractivity contribution in [1.29, 1.82) is 0 Å². The molecule has 0 spiro atoms. The lowest BCUT2D eigenvalue weighted by atomic mass is 10.3. The Hall–Kier alpha value is -0.580. The van der Waals surface area contributed by atoms with E-state index >= 15 is 0 Å². The van der Waals surface area contributed by atoms with Crippen molar-refractivity contribution in [3.8, 4) is 0 Å². The number of nitrogens with one attached hydrogen (secondary N) is 1. The van der Waals surface area contributed by atoms with Crippen molar-refractivity contribution in [3.63, 3.8) is 0 Å². The van der Waals surface area contributed by atoms with Crippen LogP contribution in [0.2, 0.25) is 0 Å². The highest BCUT2D eigenvalue weighted by Gasteiger charge is 2.20. The molecule has 0 saturated carbocycles. The van der Waals surface area contributed by atoms with Crippen LogP contribution < -0.4 is 5.32 Å². The van der Waals surface area contributed by atoms with E-state index in [1.54, 1.807) is 7.05 Å². The van der Waals surface area contributed by atoms with E-state index in [1.165, 1.54) is 12.8 Å². The molecule has 4 nitrogen and oxygen atoms in total. The first-order valence-electron chi connectivity index (χ1n) is 6.29. The van der Waals surface area contributed by atoms with E-state index in [0.717, 1.165) is 25.6 Å². The van der Waals surface area contributed by atoms with Gasteiger partial charge in [-0.2, -0.15) is 0 Å². The third kappa shape index (κ3) is 4.66. The number of aliphatic imine (C=N–C) groups is 1. The quantitative estimate of drug-likeness (QED) is 0.612. The highest BCUT2D eigenvalue weighted by atomic mass is 32.2. The topological polar surface area (TPSA) is 44.7 Å². The fourth-order valence-electron chi connectivity index (χ4n) is 1.82. The highest BCUT2D eigenvalue weighted by molar-refractivity contribution is 7.86. The molecule has 0 aromatic rings. The monoisotopic (exact) mass is 259 g/mol. The standard InChI is InChI=1S/C12H25N3OS/c1-12(2,3)17(16)10-7-14-11(13-4)15-8-5-6-9-15/h5-10H2,1-4H3,(H,13,14). The molecule has 17 heavy (non-hydrogen) atoms. The molecule has 0 aromatic carbocycles. The summed E-state index contributed by atoms with van der Waals surface area (Å²) in [6, 6.07) is 0. The predicted octanol–water partition coefficient (Wildman–Crippen LogP) is 1.20. The summed E-state index contributed by atoms with van der Waals surface area (Å²) in [5.41, 5.74) is 0. The fraction of sp³-hybridized carbons (Fsp3) is 0.917. The van der Waals surface area contributed by atoms with Crippen molar-refractivity contribution in [1.82, 2.24) is 10.2 Å². The van der Waals surface area contributed by atoms with Crippen molar-refractivity contribution < 1.29 is 4.21 Å². The molecule has 1 rings (SSSR count). The van der Waals surface area contributed by atoms with Crippen molar-refractivity contribution in [2.75, 3.05) is 32.4 Å². The van der Waals surface area contributed by atoms with E-state index in [0.29, 0.717) is 5.75 Å². The SMILES string of the molecule is CN=C(NCCS(=O)C(C)(C)C)N1CCCC1. The second-order valence-electron chi connectivity index (χ2n) is 5.33. The van der Waals surface area contributed by atoms with Gasteiger partial charge in [0, 0.05) is 48.0 Å². The lowest BCUT2D eigenvalue weighted by Crippen LogP contribution is -2.42. The number of nitrogens with zero attached hydrogens (tertiary/aromatic N) is 2. The zero-order valence-electron chi connectivity index (χ0n) is 11.5. The van der Waals surface area contributed by atoms with E-state index < -0.39 is 10.8 Å². The third-order valence-corrected chi connectivity index (χ3v) is 4.81. The van der Waals surface area contributed by atoms with E-state index in [9.17, 15) is 4.21 Å². The van der Waals surface area contributed by atoms with Gasteiger partial charge in [0.15, 0.2) is 5.96 Å². The Kier molecular flexibility index (Phi) is 5.43. The van der Waals surface area contributed by atoms with E-state index in [1.807, 2.05) is 20.8 Å². The summed E-state index contributed by atoms with van der Waals surface area (Å²) in [5.74, 6) is 1.63. The summed E-state index contributed by atoms with van der Waals surface area (Å²) in [4.78, 5) is 6.53. The van der Waals surface area contributed by atoms with Crippen LogP contribution in [0.1, 0.15) is 33.6 Å². The molecule has 1 aliphatic rings. The minimum atomic E-state index is -0.793. The maximum Gasteiger partial charge on any atom is 0.193 e. The van der Waals surface area contributed by atoms with Gasteiger partial charge in [-0.25, -0.2) is 0 Å². The van der Waals surface area contributed by atoms with Crippen LogP contribution in [0.15, 0.2) is 4.99 Å². The Balaban J connectivity index is 2.32. The number of likely N-dealkylation sites (tertiary alicyclic amines) is 1. The highest BCUT2D eigenvalue weighted by Crippen LogP contribution is 2.11. The van der Waals surface area contributed by atoms with Crippen LogP contribution in [0.5, 0.6) is 0 Å². The van der Waals surface area contributed by atoms with Gasteiger partial charge in [0.25, 0.3) is 0 Å². The number of rotatable bonds is 3. The van der Waals surface area contributed by atoms with Gasteiger partial charge in [-0.1, -0.05) is 0 Å². The van der Waals surface area contributed by atoms with Crippen molar-refractivity contribution in [3.05, 3.63) is 0 Å². The van der Waals surface area contributed by atoms with Crippen molar-refractivity contribution in [2.45, 2.75) is 38.4 Å². The maximum atomic E-state index is 11.9. The second kappa shape index (κ2) is 6.38. The minimum absolute atomic E-state index is 0.126. The number of guanidine groups is 1. The Morgan fingerprint density at radius 2 is 1.94 bits per heavy atom. The van der Waals surface area contributed by atoms with Gasteiger partial charge in [-0.3, -0.25) is 9.20 Å². The van der Waals surface area contributed by atoms with Crippen molar-refractivity contribution >= 4 is 16.8 Å². The molecule has 0 aliphatic carbocycles. The average molecular weight is 259 g/mol. The molecule has 0 bridgehead atoms. The summed E-state index contributed by atoms with van der Waals surface area (Å²) in [7, 11) is 1.01. The van der Waals surface area contributed by atoms with Gasteiger partial charge in [0.1, 0.15) is 0 Å². The molecule has 1 N–H and O–H groups in total. The average Bonchev–Trinajstić information content (AvgIpc) is 2.76. The first-order valence-corrected chi connectivity index (χ1v) is 7.61. The smallest absolute Gasteiger partial charge is 0.193 e. The van der Waals surface area contributed by atoms with Crippen molar-refractivity contribution in [2.24, 2.45) is 4.99 Å². The lowest BCUT2D eigenvalue weighted by molar-refractivity contribution is 0.496. The van der Waals surface area contributed by atoms with Gasteiger partial charge in [-0.05, 0) is 33.6 Å². The summed E-state index contributed by atoms with van der Waals surface area (Å²) >= 11 is 0. The first kappa shape index (κ1) is 14.5. The molecule has 1 atom stereocenters. The normalized spacial score (nSPS) is 19.5. The summed E-state index contributed by atoms with van der Waals surface area (Å²) in [5, 5.41) is 3.30. The van der Waals surface area contributed by atoms with Crippen LogP contribution in [0.3, 0.4) is 0 Å². The molecule has 1 saturated heterocycles. The second-order valence-corrected chi connectivity index (χ2v) is 7.65. The van der Waals surface area contributed by atoms with E-state index in [2.05, 4.69) is 15.2 Å². The molecular formula is C12H25N3OS. The predicted molar refractivity (Wildman–Crippen MR) is 74.9 cm³/mol. The Morgan fingerprint density at radius 1 is 1.35 bits per heavy atom. The molecule has 100 valence electrons. The summed E-state index contributed by atoms with van der Waals surface area (Å²) in [6.07, 6.45) is 2.49. The van der Waals surface area contributed by atoms with Crippen LogP contribution in [0.25, 0.3) is 0 Å². The van der Waals surface area contributed by atoms with Gasteiger partial charge in [0.2, 0.25) is 0 Å². The Bertz CT molecular complexity index is 291. The zero-order valence-corrected chi connectivity index (χ0v) is 12.3. The molecule has 1 aliphatic heterocycles. The van der Waals surface area contributed by atoms with E-state index in [-0.39, 0.29) is 4.75 Å². The third-order valence-electron chi connectivity index (χ3n) is 2.87. The van der Waals surface area contributed by atoms with Gasteiger partial charge in [0.05, 0.1) is 0 Å². The van der Waals surface area contributed by atoms with Crippen LogP contribution in [-0.2, 0) is 10.8 Å². The molecule has 0 aromatic heterocycles. The van der Waals surface area contributed by atoms with Gasteiger partial charge in [-0.15, -0.1) is 0 Å². The maximum absolute atomic E-state index is 11.9. The molecule has 5 heteroatoms. The van der Waals surface area contributed by atoms with E-state index in [4.69, 9.17) is 0 Å². The molecule has 0 radical (unpaired) electrons. The van der Waals surface area contributed by atoms with Gasteiger partial charge < -0.3 is 10.2 Å². The lowest BCUT2D eigenvalue weighted by Gasteiger charge is -2.22. The zero-order chi connectivity index (χ0) is 12.9.